The van der Waals surface area contributed by atoms with Crippen molar-refractivity contribution >= 4 is 34.9 Å². The van der Waals surface area contributed by atoms with E-state index in [2.05, 4.69) is 54.5 Å². The standard InChI is InChI=1S/C23H21FN2O3S2/c1-23(2,3)15-8-5-14(6-9-15)7-10-20-25-21(13-30-20)31-26-18-12-17(24)16(22(27)28)11-19(18)29-4/h5-6,8-9,11-13,26H,1-4H3,(H,27,28). The van der Waals surface area contributed by atoms with Crippen LogP contribution in [0.5, 0.6) is 5.75 Å². The fraction of sp³-hybridized carbons (Fsp3) is 0.217. The van der Waals surface area contributed by atoms with Crippen molar-refractivity contribution in [3.05, 3.63) is 69.3 Å². The number of hydrogen-bond acceptors (Lipinski definition) is 6. The van der Waals surface area contributed by atoms with E-state index in [0.29, 0.717) is 15.7 Å². The van der Waals surface area contributed by atoms with Gasteiger partial charge in [0.15, 0.2) is 5.01 Å². The maximum Gasteiger partial charge on any atom is 0.338 e. The zero-order chi connectivity index (χ0) is 22.6. The molecular weight excluding hydrogens is 435 g/mol. The Labute approximate surface area is 188 Å². The van der Waals surface area contributed by atoms with E-state index >= 15 is 0 Å². The van der Waals surface area contributed by atoms with E-state index in [1.165, 1.54) is 24.0 Å². The van der Waals surface area contributed by atoms with Gasteiger partial charge in [-0.15, -0.1) is 11.3 Å². The fourth-order valence-electron chi connectivity index (χ4n) is 2.62. The van der Waals surface area contributed by atoms with Gasteiger partial charge in [0, 0.05) is 29.0 Å². The summed E-state index contributed by atoms with van der Waals surface area (Å²) in [5, 5.41) is 12.2. The van der Waals surface area contributed by atoms with Crippen LogP contribution in [-0.2, 0) is 5.41 Å². The Morgan fingerprint density at radius 1 is 1.23 bits per heavy atom. The first kappa shape index (κ1) is 22.7. The topological polar surface area (TPSA) is 71.5 Å². The number of carbonyl (C=O) groups is 1. The summed E-state index contributed by atoms with van der Waals surface area (Å²) in [5.74, 6) is 4.19. The van der Waals surface area contributed by atoms with E-state index in [0.717, 1.165) is 29.6 Å². The summed E-state index contributed by atoms with van der Waals surface area (Å²) in [6.07, 6.45) is 0. The summed E-state index contributed by atoms with van der Waals surface area (Å²) < 4.78 is 22.1. The van der Waals surface area contributed by atoms with E-state index in [4.69, 9.17) is 9.84 Å². The van der Waals surface area contributed by atoms with E-state index in [-0.39, 0.29) is 11.2 Å². The van der Waals surface area contributed by atoms with Crippen LogP contribution >= 0.6 is 23.3 Å². The number of halogens is 1. The first-order valence-electron chi connectivity index (χ1n) is 9.29. The number of benzene rings is 2. The smallest absolute Gasteiger partial charge is 0.338 e. The SMILES string of the molecule is COc1cc(C(=O)O)c(F)cc1NSc1csc(C#Cc2ccc(C(C)(C)C)cc2)n1. The Morgan fingerprint density at radius 3 is 2.55 bits per heavy atom. The second kappa shape index (κ2) is 9.41. The number of nitrogens with zero attached hydrogens (tertiary/aromatic N) is 1. The van der Waals surface area contributed by atoms with Gasteiger partial charge in [-0.05, 0) is 35.1 Å². The summed E-state index contributed by atoms with van der Waals surface area (Å²) in [6, 6.07) is 10.4. The van der Waals surface area contributed by atoms with Gasteiger partial charge >= 0.3 is 5.97 Å². The third kappa shape index (κ3) is 5.78. The van der Waals surface area contributed by atoms with E-state index in [1.54, 1.807) is 0 Å². The van der Waals surface area contributed by atoms with Gasteiger partial charge in [0.1, 0.15) is 16.6 Å². The molecule has 0 radical (unpaired) electrons. The highest BCUT2D eigenvalue weighted by atomic mass is 32.2. The minimum atomic E-state index is -1.36. The average molecular weight is 457 g/mol. The lowest BCUT2D eigenvalue weighted by Crippen LogP contribution is -2.10. The summed E-state index contributed by atoms with van der Waals surface area (Å²) in [5.41, 5.74) is 2.12. The molecule has 0 aliphatic carbocycles. The number of hydrogen-bond donors (Lipinski definition) is 2. The third-order valence-corrected chi connectivity index (χ3v) is 5.98. The number of thiazole rings is 1. The van der Waals surface area contributed by atoms with Gasteiger partial charge in [0.05, 0.1) is 18.4 Å². The maximum atomic E-state index is 14.0. The molecular formula is C23H21FN2O3S2. The van der Waals surface area contributed by atoms with Crippen molar-refractivity contribution in [2.45, 2.75) is 31.2 Å². The van der Waals surface area contributed by atoms with Gasteiger partial charge in [-0.2, -0.15) is 0 Å². The van der Waals surface area contributed by atoms with Crippen LogP contribution in [0.1, 0.15) is 47.3 Å². The number of rotatable bonds is 5. The zero-order valence-corrected chi connectivity index (χ0v) is 19.1. The molecule has 160 valence electrons. The van der Waals surface area contributed by atoms with Gasteiger partial charge in [0.25, 0.3) is 0 Å². The van der Waals surface area contributed by atoms with Crippen LogP contribution in [0.4, 0.5) is 10.1 Å². The molecule has 0 fully saturated rings. The molecule has 1 heterocycles. The van der Waals surface area contributed by atoms with Gasteiger partial charge in [-0.1, -0.05) is 38.8 Å². The van der Waals surface area contributed by atoms with Crippen LogP contribution < -0.4 is 9.46 Å². The Kier molecular flexibility index (Phi) is 6.88. The Bertz CT molecular complexity index is 1160. The van der Waals surface area contributed by atoms with Gasteiger partial charge in [0.2, 0.25) is 0 Å². The lowest BCUT2D eigenvalue weighted by Gasteiger charge is -2.18. The Balaban J connectivity index is 1.68. The lowest BCUT2D eigenvalue weighted by atomic mass is 9.87. The molecule has 1 aromatic heterocycles. The molecule has 0 unspecified atom stereocenters. The molecule has 0 saturated carbocycles. The summed E-state index contributed by atoms with van der Waals surface area (Å²) in [4.78, 5) is 15.5. The number of methoxy groups -OCH3 is 1. The third-order valence-electron chi connectivity index (χ3n) is 4.33. The highest BCUT2D eigenvalue weighted by molar-refractivity contribution is 8.00. The minimum absolute atomic E-state index is 0.0972. The maximum absolute atomic E-state index is 14.0. The van der Waals surface area contributed by atoms with Gasteiger partial charge in [-0.3, -0.25) is 0 Å². The van der Waals surface area contributed by atoms with Crippen molar-refractivity contribution in [2.24, 2.45) is 0 Å². The van der Waals surface area contributed by atoms with Crippen molar-refractivity contribution in [3.8, 4) is 17.6 Å². The molecule has 0 amide bonds. The van der Waals surface area contributed by atoms with Gasteiger partial charge in [-0.25, -0.2) is 14.2 Å². The molecule has 0 aliphatic rings. The monoisotopic (exact) mass is 456 g/mol. The molecule has 0 aliphatic heterocycles. The normalized spacial score (nSPS) is 10.9. The van der Waals surface area contributed by atoms with Crippen LogP contribution in [-0.4, -0.2) is 23.2 Å². The van der Waals surface area contributed by atoms with Crippen LogP contribution in [0.25, 0.3) is 0 Å². The predicted molar refractivity (Wildman–Crippen MR) is 123 cm³/mol. The molecule has 5 nitrogen and oxygen atoms in total. The van der Waals surface area contributed by atoms with E-state index in [9.17, 15) is 9.18 Å². The Morgan fingerprint density at radius 2 is 1.94 bits per heavy atom. The second-order valence-corrected chi connectivity index (χ2v) is 9.29. The number of aromatic carboxylic acids is 1. The van der Waals surface area contributed by atoms with Crippen LogP contribution in [0, 0.1) is 17.7 Å². The second-order valence-electron chi connectivity index (χ2n) is 7.61. The molecule has 2 N–H and O–H groups in total. The van der Waals surface area contributed by atoms with Gasteiger partial charge < -0.3 is 14.6 Å². The number of aromatic nitrogens is 1. The minimum Gasteiger partial charge on any atom is -0.495 e. The molecule has 31 heavy (non-hydrogen) atoms. The number of carboxylic acids is 1. The summed E-state index contributed by atoms with van der Waals surface area (Å²) >= 11 is 2.56. The quantitative estimate of drug-likeness (QED) is 0.373. The Hall–Kier alpha value is -3.02. The van der Waals surface area contributed by atoms with Crippen LogP contribution in [0.3, 0.4) is 0 Å². The molecule has 3 aromatic rings. The van der Waals surface area contributed by atoms with E-state index < -0.39 is 17.3 Å². The number of anilines is 1. The summed E-state index contributed by atoms with van der Waals surface area (Å²) in [7, 11) is 1.39. The van der Waals surface area contributed by atoms with E-state index in [1.807, 2.05) is 17.5 Å². The molecule has 2 aromatic carbocycles. The highest BCUT2D eigenvalue weighted by Gasteiger charge is 2.16. The fourth-order valence-corrected chi connectivity index (χ4v) is 4.05. The van der Waals surface area contributed by atoms with Crippen molar-refractivity contribution in [2.75, 3.05) is 11.8 Å². The first-order chi connectivity index (χ1) is 14.7. The van der Waals surface area contributed by atoms with Crippen molar-refractivity contribution in [1.29, 1.82) is 0 Å². The molecule has 0 atom stereocenters. The predicted octanol–water partition coefficient (Wildman–Crippen LogP) is 5.81. The number of carboxylic acid groups (broad SMARTS) is 1. The largest absolute Gasteiger partial charge is 0.495 e. The molecule has 0 bridgehead atoms. The number of ether oxygens (including phenoxy) is 1. The van der Waals surface area contributed by atoms with Crippen LogP contribution in [0.15, 0.2) is 46.8 Å². The molecule has 0 saturated heterocycles. The first-order valence-corrected chi connectivity index (χ1v) is 11.0. The van der Waals surface area contributed by atoms with Crippen molar-refractivity contribution in [1.82, 2.24) is 4.98 Å². The van der Waals surface area contributed by atoms with Crippen molar-refractivity contribution in [3.63, 3.8) is 0 Å². The zero-order valence-electron chi connectivity index (χ0n) is 17.4. The lowest BCUT2D eigenvalue weighted by molar-refractivity contribution is 0.0691. The number of nitrogens with one attached hydrogen (secondary N) is 1. The molecule has 8 heteroatoms. The van der Waals surface area contributed by atoms with Crippen molar-refractivity contribution < 1.29 is 19.0 Å². The molecule has 0 spiro atoms. The highest BCUT2D eigenvalue weighted by Crippen LogP contribution is 2.32. The average Bonchev–Trinajstić information content (AvgIpc) is 3.18. The summed E-state index contributed by atoms with van der Waals surface area (Å²) in [6.45, 7) is 6.50. The molecule has 3 rings (SSSR count). The van der Waals surface area contributed by atoms with Crippen LogP contribution in [0.2, 0.25) is 0 Å².